The van der Waals surface area contributed by atoms with Crippen molar-refractivity contribution in [1.29, 1.82) is 0 Å². The number of carbonyl (C=O) groups excluding carboxylic acids is 10. The molecule has 0 aliphatic rings. The number of imidazole rings is 1. The van der Waals surface area contributed by atoms with Gasteiger partial charge in [0.15, 0.2) is 5.96 Å². The zero-order valence-corrected chi connectivity index (χ0v) is 44.5. The molecule has 0 fully saturated rings. The number of H-pyrrole nitrogens is 2. The maximum Gasteiger partial charge on any atom is 0.326 e. The molecule has 448 valence electrons. The van der Waals surface area contributed by atoms with Gasteiger partial charge in [-0.3, -0.25) is 62.5 Å². The van der Waals surface area contributed by atoms with Crippen molar-refractivity contribution in [1.82, 2.24) is 57.5 Å². The van der Waals surface area contributed by atoms with Crippen LogP contribution in [0.4, 0.5) is 0 Å². The Labute approximate surface area is 466 Å². The third-order valence-electron chi connectivity index (χ3n) is 12.3. The van der Waals surface area contributed by atoms with Gasteiger partial charge in [0.25, 0.3) is 0 Å². The Morgan fingerprint density at radius 2 is 1.09 bits per heavy atom. The summed E-state index contributed by atoms with van der Waals surface area (Å²) in [6, 6.07) is -9.28. The Kier molecular flexibility index (Phi) is 26.3. The highest BCUT2D eigenvalue weighted by molar-refractivity contribution is 6.00. The number of rotatable bonds is 36. The molecule has 0 unspecified atom stereocenters. The van der Waals surface area contributed by atoms with Crippen molar-refractivity contribution in [2.75, 3.05) is 13.2 Å². The first kappa shape index (κ1) is 66.5. The van der Waals surface area contributed by atoms with Crippen LogP contribution in [0.5, 0.6) is 0 Å². The summed E-state index contributed by atoms with van der Waals surface area (Å²) in [5, 5.41) is 58.3. The van der Waals surface area contributed by atoms with Crippen LogP contribution in [0.15, 0.2) is 48.0 Å². The number of aromatic amines is 2. The van der Waals surface area contributed by atoms with Crippen LogP contribution in [0.2, 0.25) is 0 Å². The molecular formula is C48H69N17O17. The number of carboxylic acid groups (broad SMARTS) is 3. The quantitative estimate of drug-likeness (QED) is 0.0146. The van der Waals surface area contributed by atoms with E-state index in [-0.39, 0.29) is 43.9 Å². The smallest absolute Gasteiger partial charge is 0.326 e. The van der Waals surface area contributed by atoms with Crippen molar-refractivity contribution >= 4 is 93.8 Å². The Hall–Kier alpha value is -9.73. The van der Waals surface area contributed by atoms with E-state index in [0.29, 0.717) is 16.5 Å². The van der Waals surface area contributed by atoms with Crippen LogP contribution in [0.3, 0.4) is 0 Å². The number of carboxylic acids is 3. The number of hydrogen-bond acceptors (Lipinski definition) is 17. The van der Waals surface area contributed by atoms with E-state index in [2.05, 4.69) is 62.5 Å². The summed E-state index contributed by atoms with van der Waals surface area (Å²) >= 11 is 0. The number of carbonyl (C=O) groups is 13. The number of aliphatic hydroxyl groups is 1. The largest absolute Gasteiger partial charge is 0.481 e. The summed E-state index contributed by atoms with van der Waals surface area (Å²) < 4.78 is 0. The summed E-state index contributed by atoms with van der Waals surface area (Å²) in [5.74, 6) is -17.7. The Bertz CT molecular complexity index is 2820. The Morgan fingerprint density at radius 1 is 0.598 bits per heavy atom. The lowest BCUT2D eigenvalue weighted by Gasteiger charge is -2.29. The van der Waals surface area contributed by atoms with Crippen molar-refractivity contribution in [3.05, 3.63) is 54.2 Å². The van der Waals surface area contributed by atoms with E-state index in [1.165, 1.54) is 25.6 Å². The number of hydrogen-bond donors (Lipinski definition) is 19. The number of benzene rings is 1. The van der Waals surface area contributed by atoms with E-state index >= 15 is 0 Å². The molecule has 10 amide bonds. The van der Waals surface area contributed by atoms with Gasteiger partial charge < -0.3 is 102 Å². The monoisotopic (exact) mass is 1160 g/mol. The van der Waals surface area contributed by atoms with E-state index in [9.17, 15) is 82.8 Å². The molecule has 2 heterocycles. The number of aliphatic imine (C=N–C) groups is 1. The molecule has 3 aromatic rings. The summed E-state index contributed by atoms with van der Waals surface area (Å²) in [4.78, 5) is 183. The molecule has 0 saturated heterocycles. The Morgan fingerprint density at radius 3 is 1.60 bits per heavy atom. The number of primary amides is 2. The first-order valence-corrected chi connectivity index (χ1v) is 25.2. The number of nitrogens with one attached hydrogen (secondary N) is 10. The van der Waals surface area contributed by atoms with Gasteiger partial charge in [0.1, 0.15) is 48.3 Å². The topological polar surface area (TPSA) is 586 Å². The van der Waals surface area contributed by atoms with Crippen molar-refractivity contribution in [2.24, 2.45) is 39.6 Å². The molecule has 0 bridgehead atoms. The molecule has 24 N–H and O–H groups in total. The highest BCUT2D eigenvalue weighted by atomic mass is 16.4. The van der Waals surface area contributed by atoms with Gasteiger partial charge in [0.05, 0.1) is 44.7 Å². The fourth-order valence-corrected chi connectivity index (χ4v) is 7.86. The number of fused-ring (bicyclic) bond motifs is 1. The number of aliphatic carboxylic acids is 3. The lowest BCUT2D eigenvalue weighted by Crippen LogP contribution is -2.62. The number of aliphatic hydroxyl groups excluding tert-OH is 1. The summed E-state index contributed by atoms with van der Waals surface area (Å²) in [6.45, 7) is 1.99. The lowest BCUT2D eigenvalue weighted by molar-refractivity contribution is -0.143. The van der Waals surface area contributed by atoms with Crippen LogP contribution in [0, 0.1) is 5.92 Å². The zero-order chi connectivity index (χ0) is 61.4. The van der Waals surface area contributed by atoms with Crippen LogP contribution in [-0.4, -0.2) is 186 Å². The third kappa shape index (κ3) is 21.8. The minimum atomic E-state index is -2.07. The molecule has 3 rings (SSSR count). The molecule has 0 aliphatic carbocycles. The molecule has 0 spiro atoms. The molecule has 0 radical (unpaired) electrons. The van der Waals surface area contributed by atoms with E-state index < -0.39 is 176 Å². The molecule has 34 nitrogen and oxygen atoms in total. The standard InChI is InChI=1S/C48H69N17O17/c1-3-21(2)38(46(80)63-30(14-35(51)68)42(76)58-27(47(81)82)9-6-10-55-48(52)53)65-44(78)32(16-37(71)72)62-41(75)29(12-23-18-54-20-57-23)60-43(77)31(15-36(69)70)61-40(74)28(11-22-17-56-26-8-5-4-7-24(22)26)59-45(79)33(19-66)64-39(73)25(49)13-34(50)67/h4-5,7-8,17-18,20-21,25,27-33,38,56,66H,3,6,9-16,19,49H2,1-2H3,(H2,50,67)(H2,51,68)(H,54,57)(H,58,76)(H,59,79)(H,60,77)(H,61,74)(H,62,75)(H,63,80)(H,64,73)(H,65,78)(H,69,70)(H,71,72)(H,81,82)(H4,52,53,55)/t21-,25-,27-,28-,29-,30-,31-,32-,33-,38-/m0/s1. The SMILES string of the molecule is CC[C@H](C)[C@H](NC(=O)[C@H](CC(=O)O)NC(=O)[C@H](Cc1cnc[nH]1)NC(=O)[C@H](CC(=O)O)NC(=O)[C@H](Cc1c[nH]c2ccccc12)NC(=O)[C@H](CO)NC(=O)[C@@H](N)CC(N)=O)C(=O)N[C@@H](CC(N)=O)C(=O)N[C@@H](CCCN=C(N)N)C(=O)O. The van der Waals surface area contributed by atoms with Gasteiger partial charge in [-0.2, -0.15) is 0 Å². The first-order chi connectivity index (χ1) is 38.6. The number of nitrogens with zero attached hydrogens (tertiary/aromatic N) is 2. The average molecular weight is 1160 g/mol. The molecule has 1 aromatic carbocycles. The van der Waals surface area contributed by atoms with Crippen molar-refractivity contribution in [2.45, 2.75) is 126 Å². The fourth-order valence-electron chi connectivity index (χ4n) is 7.86. The van der Waals surface area contributed by atoms with Crippen molar-refractivity contribution < 1.29 is 82.8 Å². The van der Waals surface area contributed by atoms with Gasteiger partial charge in [0.2, 0.25) is 59.1 Å². The van der Waals surface area contributed by atoms with Crippen molar-refractivity contribution in [3.8, 4) is 0 Å². The molecular weight excluding hydrogens is 1090 g/mol. The maximum atomic E-state index is 14.2. The molecule has 2 aromatic heterocycles. The van der Waals surface area contributed by atoms with Gasteiger partial charge in [-0.05, 0) is 30.4 Å². The second-order valence-corrected chi connectivity index (χ2v) is 18.8. The van der Waals surface area contributed by atoms with Gasteiger partial charge >= 0.3 is 17.9 Å². The minimum absolute atomic E-state index is 0.00517. The second-order valence-electron chi connectivity index (χ2n) is 18.8. The van der Waals surface area contributed by atoms with Crippen LogP contribution in [-0.2, 0) is 75.2 Å². The molecule has 82 heavy (non-hydrogen) atoms. The van der Waals surface area contributed by atoms with Crippen LogP contribution in [0.1, 0.15) is 70.1 Å². The van der Waals surface area contributed by atoms with Crippen LogP contribution < -0.4 is 71.2 Å². The molecule has 0 saturated carbocycles. The molecule has 0 aliphatic heterocycles. The van der Waals surface area contributed by atoms with Gasteiger partial charge in [-0.15, -0.1) is 0 Å². The second kappa shape index (κ2) is 32.4. The fraction of sp³-hybridized carbons (Fsp3) is 0.479. The summed E-state index contributed by atoms with van der Waals surface area (Å²) in [6.07, 6.45) is -0.785. The van der Waals surface area contributed by atoms with Gasteiger partial charge in [-0.25, -0.2) is 9.78 Å². The Balaban J connectivity index is 1.94. The zero-order valence-electron chi connectivity index (χ0n) is 44.5. The highest BCUT2D eigenvalue weighted by Gasteiger charge is 2.38. The highest BCUT2D eigenvalue weighted by Crippen LogP contribution is 2.20. The van der Waals surface area contributed by atoms with Crippen LogP contribution in [0.25, 0.3) is 10.9 Å². The van der Waals surface area contributed by atoms with Gasteiger partial charge in [0, 0.05) is 48.4 Å². The lowest BCUT2D eigenvalue weighted by atomic mass is 9.97. The summed E-state index contributed by atoms with van der Waals surface area (Å²) in [5.41, 5.74) is 27.9. The number of nitrogens with two attached hydrogens (primary N) is 5. The van der Waals surface area contributed by atoms with Gasteiger partial charge in [-0.1, -0.05) is 38.5 Å². The predicted octanol–water partition coefficient (Wildman–Crippen LogP) is -7.24. The number of amides is 10. The number of guanidine groups is 1. The minimum Gasteiger partial charge on any atom is -0.481 e. The number of aromatic nitrogens is 3. The van der Waals surface area contributed by atoms with E-state index in [0.717, 1.165) is 0 Å². The first-order valence-electron chi connectivity index (χ1n) is 25.2. The maximum absolute atomic E-state index is 14.2. The van der Waals surface area contributed by atoms with E-state index in [4.69, 9.17) is 28.7 Å². The molecule has 34 heteroatoms. The van der Waals surface area contributed by atoms with Crippen molar-refractivity contribution in [3.63, 3.8) is 0 Å². The van der Waals surface area contributed by atoms with E-state index in [1.54, 1.807) is 31.2 Å². The van der Waals surface area contributed by atoms with E-state index in [1.807, 2.05) is 0 Å². The van der Waals surface area contributed by atoms with Crippen LogP contribution >= 0.6 is 0 Å². The molecule has 10 atom stereocenters. The predicted molar refractivity (Wildman–Crippen MR) is 284 cm³/mol. The summed E-state index contributed by atoms with van der Waals surface area (Å²) in [7, 11) is 0. The average Bonchev–Trinajstić information content (AvgIpc) is 4.17. The number of para-hydroxylation sites is 1. The third-order valence-corrected chi connectivity index (χ3v) is 12.3. The normalized spacial score (nSPS) is 14.6.